The molecule has 0 radical (unpaired) electrons. The molecule has 21 heavy (non-hydrogen) atoms. The fourth-order valence-corrected chi connectivity index (χ4v) is 2.27. The van der Waals surface area contributed by atoms with Gasteiger partial charge in [0.1, 0.15) is 17.3 Å². The molecule has 0 saturated carbocycles. The zero-order valence-corrected chi connectivity index (χ0v) is 12.7. The molecular weight excluding hydrogens is 376 g/mol. The average Bonchev–Trinajstić information content (AvgIpc) is 2.42. The lowest BCUT2D eigenvalue weighted by atomic mass is 10.1. The Balaban J connectivity index is 2.34. The zero-order valence-electron chi connectivity index (χ0n) is 10.3. The van der Waals surface area contributed by atoms with Gasteiger partial charge in [-0.1, -0.05) is 6.07 Å². The topological polar surface area (TPSA) is 9.23 Å². The normalized spacial score (nSPS) is 11.5. The lowest BCUT2D eigenvalue weighted by molar-refractivity contribution is -0.138. The molecule has 0 aromatic heterocycles. The standard InChI is InChI=1S/C14H8BrClF4O/c15-12-6-10(3-4-13(12)17)21-9-2-1-8(7-16)11(5-9)14(18,19)20/h1-6H,7H2. The van der Waals surface area contributed by atoms with E-state index in [1.165, 1.54) is 24.3 Å². The van der Waals surface area contributed by atoms with Gasteiger partial charge < -0.3 is 4.74 Å². The van der Waals surface area contributed by atoms with E-state index in [4.69, 9.17) is 16.3 Å². The molecule has 0 spiro atoms. The van der Waals surface area contributed by atoms with Gasteiger partial charge in [-0.2, -0.15) is 13.2 Å². The van der Waals surface area contributed by atoms with Crippen molar-refractivity contribution < 1.29 is 22.3 Å². The van der Waals surface area contributed by atoms with Crippen molar-refractivity contribution in [1.29, 1.82) is 0 Å². The van der Waals surface area contributed by atoms with Crippen molar-refractivity contribution in [2.24, 2.45) is 0 Å². The first kappa shape index (κ1) is 16.1. The quantitative estimate of drug-likeness (QED) is 0.457. The molecule has 0 bridgehead atoms. The smallest absolute Gasteiger partial charge is 0.416 e. The predicted octanol–water partition coefficient (Wildman–Crippen LogP) is 6.14. The van der Waals surface area contributed by atoms with Crippen LogP contribution in [0.3, 0.4) is 0 Å². The molecule has 2 aromatic carbocycles. The van der Waals surface area contributed by atoms with Crippen molar-refractivity contribution in [1.82, 2.24) is 0 Å². The van der Waals surface area contributed by atoms with Gasteiger partial charge in [-0.05, 0) is 51.8 Å². The first-order chi connectivity index (χ1) is 9.81. The van der Waals surface area contributed by atoms with Gasteiger partial charge >= 0.3 is 6.18 Å². The molecule has 0 N–H and O–H groups in total. The Hall–Kier alpha value is -1.27. The molecule has 7 heteroatoms. The molecule has 0 aliphatic carbocycles. The molecule has 1 nitrogen and oxygen atoms in total. The summed E-state index contributed by atoms with van der Waals surface area (Å²) < 4.78 is 57.3. The molecule has 0 aliphatic heterocycles. The summed E-state index contributed by atoms with van der Waals surface area (Å²) in [6.07, 6.45) is -4.52. The summed E-state index contributed by atoms with van der Waals surface area (Å²) >= 11 is 8.48. The lowest BCUT2D eigenvalue weighted by Crippen LogP contribution is -2.08. The van der Waals surface area contributed by atoms with E-state index in [1.807, 2.05) is 0 Å². The minimum atomic E-state index is -4.52. The van der Waals surface area contributed by atoms with Crippen molar-refractivity contribution in [3.63, 3.8) is 0 Å². The second kappa shape index (κ2) is 6.23. The Morgan fingerprint density at radius 3 is 2.24 bits per heavy atom. The van der Waals surface area contributed by atoms with Crippen molar-refractivity contribution in [3.8, 4) is 11.5 Å². The van der Waals surface area contributed by atoms with Crippen LogP contribution in [-0.2, 0) is 12.1 Å². The monoisotopic (exact) mass is 382 g/mol. The SMILES string of the molecule is Fc1ccc(Oc2ccc(CCl)c(C(F)(F)F)c2)cc1Br. The second-order valence-corrected chi connectivity index (χ2v) is 5.25. The highest BCUT2D eigenvalue weighted by Gasteiger charge is 2.33. The molecule has 112 valence electrons. The van der Waals surface area contributed by atoms with Gasteiger partial charge in [-0.25, -0.2) is 4.39 Å². The zero-order chi connectivity index (χ0) is 15.6. The largest absolute Gasteiger partial charge is 0.457 e. The van der Waals surface area contributed by atoms with Crippen LogP contribution in [0.15, 0.2) is 40.9 Å². The van der Waals surface area contributed by atoms with Gasteiger partial charge in [-0.15, -0.1) is 11.6 Å². The van der Waals surface area contributed by atoms with E-state index in [0.29, 0.717) is 0 Å². The van der Waals surface area contributed by atoms with E-state index < -0.39 is 17.6 Å². The minimum absolute atomic E-state index is 0.00491. The maximum absolute atomic E-state index is 13.1. The molecule has 0 aliphatic rings. The third kappa shape index (κ3) is 3.89. The highest BCUT2D eigenvalue weighted by atomic mass is 79.9. The average molecular weight is 384 g/mol. The molecule has 2 rings (SSSR count). The Morgan fingerprint density at radius 2 is 1.67 bits per heavy atom. The van der Waals surface area contributed by atoms with Crippen molar-refractivity contribution in [2.45, 2.75) is 12.1 Å². The third-order valence-electron chi connectivity index (χ3n) is 2.66. The van der Waals surface area contributed by atoms with E-state index >= 15 is 0 Å². The van der Waals surface area contributed by atoms with Crippen LogP contribution in [-0.4, -0.2) is 0 Å². The fourth-order valence-electron chi connectivity index (χ4n) is 1.68. The lowest BCUT2D eigenvalue weighted by Gasteiger charge is -2.13. The highest BCUT2D eigenvalue weighted by Crippen LogP contribution is 2.36. The Bertz CT molecular complexity index is 658. The summed E-state index contributed by atoms with van der Waals surface area (Å²) in [5.41, 5.74) is -0.881. The fraction of sp³-hybridized carbons (Fsp3) is 0.143. The van der Waals surface area contributed by atoms with Crippen molar-refractivity contribution in [3.05, 3.63) is 57.8 Å². The van der Waals surface area contributed by atoms with Gasteiger partial charge in [0, 0.05) is 5.88 Å². The predicted molar refractivity (Wildman–Crippen MR) is 75.2 cm³/mol. The molecule has 0 heterocycles. The molecule has 0 atom stereocenters. The summed E-state index contributed by atoms with van der Waals surface area (Å²) in [5, 5.41) is 0. The van der Waals surface area contributed by atoms with E-state index in [1.54, 1.807) is 0 Å². The van der Waals surface area contributed by atoms with Crippen LogP contribution in [0.1, 0.15) is 11.1 Å². The Labute approximate surface area is 131 Å². The summed E-state index contributed by atoms with van der Waals surface area (Å²) in [7, 11) is 0. The van der Waals surface area contributed by atoms with E-state index in [-0.39, 0.29) is 27.4 Å². The van der Waals surface area contributed by atoms with E-state index in [0.717, 1.165) is 12.1 Å². The van der Waals surface area contributed by atoms with Crippen molar-refractivity contribution in [2.75, 3.05) is 0 Å². The second-order valence-electron chi connectivity index (χ2n) is 4.13. The van der Waals surface area contributed by atoms with Gasteiger partial charge in [0.25, 0.3) is 0 Å². The van der Waals surface area contributed by atoms with Crippen LogP contribution in [0.2, 0.25) is 0 Å². The Morgan fingerprint density at radius 1 is 1.05 bits per heavy atom. The number of hydrogen-bond acceptors (Lipinski definition) is 1. The summed E-state index contributed by atoms with van der Waals surface area (Å²) in [6.45, 7) is 0. The Kier molecular flexibility index (Phi) is 4.78. The first-order valence-corrected chi connectivity index (χ1v) is 7.03. The molecule has 0 saturated heterocycles. The number of ether oxygens (including phenoxy) is 1. The summed E-state index contributed by atoms with van der Waals surface area (Å²) in [5.74, 6) is -0.530. The van der Waals surface area contributed by atoms with Crippen LogP contribution >= 0.6 is 27.5 Å². The maximum atomic E-state index is 13.1. The van der Waals surface area contributed by atoms with Gasteiger partial charge in [-0.3, -0.25) is 0 Å². The summed E-state index contributed by atoms with van der Waals surface area (Å²) in [6, 6.07) is 7.31. The van der Waals surface area contributed by atoms with Gasteiger partial charge in [0.05, 0.1) is 10.0 Å². The number of rotatable bonds is 3. The van der Waals surface area contributed by atoms with Crippen LogP contribution in [0.4, 0.5) is 17.6 Å². The third-order valence-corrected chi connectivity index (χ3v) is 3.55. The highest BCUT2D eigenvalue weighted by molar-refractivity contribution is 9.10. The molecule has 0 amide bonds. The molecular formula is C14H8BrClF4O. The summed E-state index contributed by atoms with van der Waals surface area (Å²) in [4.78, 5) is 0. The van der Waals surface area contributed by atoms with E-state index in [2.05, 4.69) is 15.9 Å². The number of halogens is 6. The van der Waals surface area contributed by atoms with Crippen LogP contribution in [0, 0.1) is 5.82 Å². The van der Waals surface area contributed by atoms with E-state index in [9.17, 15) is 17.6 Å². The van der Waals surface area contributed by atoms with Crippen LogP contribution in [0.25, 0.3) is 0 Å². The van der Waals surface area contributed by atoms with Gasteiger partial charge in [0.2, 0.25) is 0 Å². The molecule has 0 unspecified atom stereocenters. The first-order valence-electron chi connectivity index (χ1n) is 5.70. The molecule has 0 fully saturated rings. The molecule has 2 aromatic rings. The van der Waals surface area contributed by atoms with Crippen LogP contribution in [0.5, 0.6) is 11.5 Å². The van der Waals surface area contributed by atoms with Crippen molar-refractivity contribution >= 4 is 27.5 Å². The maximum Gasteiger partial charge on any atom is 0.416 e. The number of benzene rings is 2. The minimum Gasteiger partial charge on any atom is -0.457 e. The number of hydrogen-bond donors (Lipinski definition) is 0. The van der Waals surface area contributed by atoms with Gasteiger partial charge in [0.15, 0.2) is 0 Å². The van der Waals surface area contributed by atoms with Crippen LogP contribution < -0.4 is 4.74 Å². The number of alkyl halides is 4.